The zero-order chi connectivity index (χ0) is 24.7. The van der Waals surface area contributed by atoms with Gasteiger partial charge >= 0.3 is 5.97 Å². The van der Waals surface area contributed by atoms with E-state index >= 15 is 0 Å². The van der Waals surface area contributed by atoms with Crippen molar-refractivity contribution in [1.82, 2.24) is 10.3 Å². The number of carboxylic acid groups (broad SMARTS) is 1. The Morgan fingerprint density at radius 3 is 2.71 bits per heavy atom. The number of anilines is 1. The Kier molecular flexibility index (Phi) is 9.27. The van der Waals surface area contributed by atoms with Crippen molar-refractivity contribution in [2.24, 2.45) is 0 Å². The number of aromatic nitrogens is 1. The quantitative estimate of drug-likeness (QED) is 0.278. The summed E-state index contributed by atoms with van der Waals surface area (Å²) >= 11 is 9.86. The van der Waals surface area contributed by atoms with Crippen LogP contribution in [0.15, 0.2) is 46.9 Å². The maximum Gasteiger partial charge on any atom is 0.303 e. The summed E-state index contributed by atoms with van der Waals surface area (Å²) in [5.74, 6) is -0.778. The predicted molar refractivity (Wildman–Crippen MR) is 138 cm³/mol. The zero-order valence-corrected chi connectivity index (χ0v) is 21.4. The number of carboxylic acids is 1. The van der Waals surface area contributed by atoms with Gasteiger partial charge in [-0.25, -0.2) is 4.98 Å². The zero-order valence-electron chi connectivity index (χ0n) is 19.0. The van der Waals surface area contributed by atoms with Crippen molar-refractivity contribution in [3.8, 4) is 0 Å². The number of benzene rings is 2. The number of carbonyl (C=O) groups excluding carboxylic acids is 1. The molecule has 1 aromatic heterocycles. The molecular weight excluding hydrogens is 522 g/mol. The summed E-state index contributed by atoms with van der Waals surface area (Å²) in [7, 11) is 1.62. The molecule has 7 nitrogen and oxygen atoms in total. The van der Waals surface area contributed by atoms with Gasteiger partial charge in [-0.2, -0.15) is 0 Å². The van der Waals surface area contributed by atoms with Crippen molar-refractivity contribution in [1.29, 1.82) is 0 Å². The molecule has 1 atom stereocenters. The maximum atomic E-state index is 13.5. The Morgan fingerprint density at radius 2 is 2.00 bits per heavy atom. The molecule has 0 spiro atoms. The number of rotatable bonds is 11. The molecule has 0 bridgehead atoms. The largest absolute Gasteiger partial charge is 0.481 e. The van der Waals surface area contributed by atoms with Gasteiger partial charge in [0.2, 0.25) is 0 Å². The molecule has 0 fully saturated rings. The number of hydrogen-bond acceptors (Lipinski definition) is 5. The van der Waals surface area contributed by atoms with Gasteiger partial charge in [0.1, 0.15) is 5.82 Å². The third-order valence-electron chi connectivity index (χ3n) is 5.58. The van der Waals surface area contributed by atoms with E-state index in [2.05, 4.69) is 31.5 Å². The summed E-state index contributed by atoms with van der Waals surface area (Å²) in [4.78, 5) is 29.4. The van der Waals surface area contributed by atoms with Gasteiger partial charge in [-0.05, 0) is 43.2 Å². The van der Waals surface area contributed by atoms with E-state index < -0.39 is 5.97 Å². The first kappa shape index (κ1) is 25.9. The number of aliphatic carboxylic acids is 1. The second kappa shape index (κ2) is 12.1. The van der Waals surface area contributed by atoms with Gasteiger partial charge < -0.3 is 20.5 Å². The minimum absolute atomic E-state index is 0.0243. The van der Waals surface area contributed by atoms with Crippen LogP contribution in [0, 0.1) is 6.92 Å². The van der Waals surface area contributed by atoms with Gasteiger partial charge in [0, 0.05) is 53.0 Å². The molecule has 0 saturated heterocycles. The van der Waals surface area contributed by atoms with E-state index in [-0.39, 0.29) is 24.8 Å². The number of carbonyl (C=O) groups is 2. The van der Waals surface area contributed by atoms with E-state index in [0.29, 0.717) is 41.5 Å². The smallest absolute Gasteiger partial charge is 0.303 e. The van der Waals surface area contributed by atoms with Crippen LogP contribution in [0.4, 0.5) is 5.82 Å². The van der Waals surface area contributed by atoms with E-state index in [4.69, 9.17) is 16.3 Å². The number of amides is 1. The SMILES string of the molecule is COCCNc1nc2ccc(Br)cc2c(C(=O)NCC(CCC(=O)O)c2ccccc2Cl)c1C. The van der Waals surface area contributed by atoms with Crippen LogP contribution in [0.5, 0.6) is 0 Å². The molecule has 180 valence electrons. The van der Waals surface area contributed by atoms with Crippen LogP contribution in [0.3, 0.4) is 0 Å². The van der Waals surface area contributed by atoms with Gasteiger partial charge in [-0.15, -0.1) is 0 Å². The van der Waals surface area contributed by atoms with Crippen molar-refractivity contribution < 1.29 is 19.4 Å². The van der Waals surface area contributed by atoms with Crippen molar-refractivity contribution in [2.45, 2.75) is 25.7 Å². The van der Waals surface area contributed by atoms with Crippen LogP contribution in [0.25, 0.3) is 10.9 Å². The van der Waals surface area contributed by atoms with E-state index in [1.54, 1.807) is 13.2 Å². The van der Waals surface area contributed by atoms with E-state index in [0.717, 1.165) is 21.0 Å². The van der Waals surface area contributed by atoms with E-state index in [1.807, 2.05) is 43.3 Å². The fraction of sp³-hybridized carbons (Fsp3) is 0.320. The van der Waals surface area contributed by atoms with Crippen molar-refractivity contribution in [2.75, 3.05) is 32.1 Å². The highest BCUT2D eigenvalue weighted by Gasteiger charge is 2.21. The number of ether oxygens (including phenoxy) is 1. The molecule has 3 rings (SSSR count). The van der Waals surface area contributed by atoms with Gasteiger partial charge in [-0.3, -0.25) is 9.59 Å². The Morgan fingerprint density at radius 1 is 1.24 bits per heavy atom. The second-order valence-corrected chi connectivity index (χ2v) is 9.23. The minimum atomic E-state index is -0.893. The highest BCUT2D eigenvalue weighted by Crippen LogP contribution is 2.30. The third kappa shape index (κ3) is 6.46. The first-order valence-corrected chi connectivity index (χ1v) is 12.1. The normalized spacial score (nSPS) is 11.9. The molecule has 0 aliphatic heterocycles. The summed E-state index contributed by atoms with van der Waals surface area (Å²) in [5, 5.41) is 16.7. The van der Waals surface area contributed by atoms with E-state index in [1.165, 1.54) is 0 Å². The Labute approximate surface area is 212 Å². The molecule has 3 aromatic rings. The van der Waals surface area contributed by atoms with Gasteiger partial charge in [0.15, 0.2) is 0 Å². The van der Waals surface area contributed by atoms with Crippen LogP contribution in [-0.4, -0.2) is 48.8 Å². The van der Waals surface area contributed by atoms with Crippen LogP contribution in [0.1, 0.15) is 40.2 Å². The van der Waals surface area contributed by atoms with Crippen molar-refractivity contribution in [3.63, 3.8) is 0 Å². The number of nitrogens with one attached hydrogen (secondary N) is 2. The highest BCUT2D eigenvalue weighted by atomic mass is 79.9. The van der Waals surface area contributed by atoms with Gasteiger partial charge in [0.05, 0.1) is 17.7 Å². The molecule has 2 aromatic carbocycles. The highest BCUT2D eigenvalue weighted by molar-refractivity contribution is 9.10. The summed E-state index contributed by atoms with van der Waals surface area (Å²) in [6, 6.07) is 12.9. The number of methoxy groups -OCH3 is 1. The number of halogens is 2. The molecule has 0 radical (unpaired) electrons. The number of pyridine rings is 1. The first-order chi connectivity index (χ1) is 16.3. The van der Waals surface area contributed by atoms with Gasteiger partial charge in [-0.1, -0.05) is 45.7 Å². The first-order valence-electron chi connectivity index (χ1n) is 10.9. The maximum absolute atomic E-state index is 13.5. The topological polar surface area (TPSA) is 101 Å². The molecule has 0 aliphatic rings. The lowest BCUT2D eigenvalue weighted by atomic mass is 9.93. The van der Waals surface area contributed by atoms with Crippen LogP contribution >= 0.6 is 27.5 Å². The molecule has 34 heavy (non-hydrogen) atoms. The fourth-order valence-corrected chi connectivity index (χ4v) is 4.49. The Bertz CT molecular complexity index is 1190. The lowest BCUT2D eigenvalue weighted by Crippen LogP contribution is -2.30. The summed E-state index contributed by atoms with van der Waals surface area (Å²) < 4.78 is 5.95. The van der Waals surface area contributed by atoms with Crippen LogP contribution < -0.4 is 10.6 Å². The molecule has 0 saturated carbocycles. The van der Waals surface area contributed by atoms with Crippen LogP contribution in [-0.2, 0) is 9.53 Å². The molecule has 1 heterocycles. The lowest BCUT2D eigenvalue weighted by Gasteiger charge is -2.20. The third-order valence-corrected chi connectivity index (χ3v) is 6.41. The average Bonchev–Trinajstić information content (AvgIpc) is 2.80. The predicted octanol–water partition coefficient (Wildman–Crippen LogP) is 5.40. The number of fused-ring (bicyclic) bond motifs is 1. The summed E-state index contributed by atoms with van der Waals surface area (Å²) in [6.45, 7) is 3.16. The molecule has 9 heteroatoms. The molecular formula is C25H27BrClN3O4. The molecule has 1 amide bonds. The standard InChI is InChI=1S/C25H27BrClN3O4/c1-15-23(19-13-17(26)8-9-21(19)30-24(15)28-11-12-34-2)25(33)29-14-16(7-10-22(31)32)18-5-3-4-6-20(18)27/h3-6,8-9,13,16H,7,10-12,14H2,1-2H3,(H,28,30)(H,29,33)(H,31,32). The average molecular weight is 549 g/mol. The fourth-order valence-electron chi connectivity index (χ4n) is 3.84. The summed E-state index contributed by atoms with van der Waals surface area (Å²) in [6.07, 6.45) is 0.328. The van der Waals surface area contributed by atoms with Gasteiger partial charge in [0.25, 0.3) is 5.91 Å². The van der Waals surface area contributed by atoms with Crippen molar-refractivity contribution in [3.05, 3.63) is 68.7 Å². The van der Waals surface area contributed by atoms with Crippen LogP contribution in [0.2, 0.25) is 5.02 Å². The van der Waals surface area contributed by atoms with Crippen molar-refractivity contribution >= 4 is 56.1 Å². The number of nitrogens with zero attached hydrogens (tertiary/aromatic N) is 1. The lowest BCUT2D eigenvalue weighted by molar-refractivity contribution is -0.137. The second-order valence-electron chi connectivity index (χ2n) is 7.90. The monoisotopic (exact) mass is 547 g/mol. The number of hydrogen-bond donors (Lipinski definition) is 3. The summed E-state index contributed by atoms with van der Waals surface area (Å²) in [5.41, 5.74) is 2.74. The Hall–Kier alpha value is -2.68. The molecule has 3 N–H and O–H groups in total. The Balaban J connectivity index is 1.92. The van der Waals surface area contributed by atoms with E-state index in [9.17, 15) is 14.7 Å². The molecule has 1 unspecified atom stereocenters. The molecule has 0 aliphatic carbocycles. The minimum Gasteiger partial charge on any atom is -0.481 e.